The Morgan fingerprint density at radius 3 is 2.59 bits per heavy atom. The highest BCUT2D eigenvalue weighted by Gasteiger charge is 2.32. The number of rotatable bonds is 3. The molecule has 0 N–H and O–H groups in total. The van der Waals surface area contributed by atoms with E-state index in [0.29, 0.717) is 6.07 Å². The molecule has 1 aromatic heterocycles. The molecule has 0 saturated carbocycles. The number of aromatic nitrogens is 1. The van der Waals surface area contributed by atoms with Crippen LogP contribution in [0.15, 0.2) is 12.1 Å². The number of carbonyl (C=O) groups is 1. The highest BCUT2D eigenvalue weighted by molar-refractivity contribution is 6.16. The van der Waals surface area contributed by atoms with E-state index in [1.165, 1.54) is 0 Å². The molecule has 0 bridgehead atoms. The zero-order chi connectivity index (χ0) is 13.1. The SMILES string of the molecule is CCOC(=O)c1cc(C(F)(F)F)cc(CCl)n1. The Kier molecular flexibility index (Phi) is 4.34. The third-order valence-corrected chi connectivity index (χ3v) is 2.10. The van der Waals surface area contributed by atoms with Crippen molar-refractivity contribution < 1.29 is 22.7 Å². The fraction of sp³-hybridized carbons (Fsp3) is 0.400. The van der Waals surface area contributed by atoms with Crippen LogP contribution in [0.5, 0.6) is 0 Å². The summed E-state index contributed by atoms with van der Waals surface area (Å²) in [5.74, 6) is -1.11. The number of pyridine rings is 1. The van der Waals surface area contributed by atoms with Gasteiger partial charge in [-0.05, 0) is 19.1 Å². The van der Waals surface area contributed by atoms with Gasteiger partial charge in [-0.15, -0.1) is 11.6 Å². The molecule has 1 aromatic rings. The van der Waals surface area contributed by atoms with E-state index in [4.69, 9.17) is 11.6 Å². The Bertz CT molecular complexity index is 421. The molecular weight excluding hydrogens is 259 g/mol. The summed E-state index contributed by atoms with van der Waals surface area (Å²) in [5.41, 5.74) is -1.38. The summed E-state index contributed by atoms with van der Waals surface area (Å²) in [7, 11) is 0. The van der Waals surface area contributed by atoms with Gasteiger partial charge in [-0.3, -0.25) is 0 Å². The summed E-state index contributed by atoms with van der Waals surface area (Å²) < 4.78 is 42.1. The van der Waals surface area contributed by atoms with Gasteiger partial charge in [0.1, 0.15) is 5.69 Å². The maximum absolute atomic E-state index is 12.5. The van der Waals surface area contributed by atoms with Crippen LogP contribution >= 0.6 is 11.6 Å². The van der Waals surface area contributed by atoms with Crippen LogP contribution in [-0.4, -0.2) is 17.6 Å². The number of hydrogen-bond acceptors (Lipinski definition) is 3. The summed E-state index contributed by atoms with van der Waals surface area (Å²) in [5, 5.41) is 0. The summed E-state index contributed by atoms with van der Waals surface area (Å²) >= 11 is 5.42. The molecule has 1 rings (SSSR count). The van der Waals surface area contributed by atoms with Gasteiger partial charge in [-0.1, -0.05) is 0 Å². The van der Waals surface area contributed by atoms with Crippen molar-refractivity contribution >= 4 is 17.6 Å². The van der Waals surface area contributed by atoms with Crippen LogP contribution in [-0.2, 0) is 16.8 Å². The van der Waals surface area contributed by atoms with Gasteiger partial charge in [0.2, 0.25) is 0 Å². The van der Waals surface area contributed by atoms with E-state index >= 15 is 0 Å². The predicted molar refractivity (Wildman–Crippen MR) is 54.8 cm³/mol. The molecule has 0 unspecified atom stereocenters. The van der Waals surface area contributed by atoms with Gasteiger partial charge in [-0.25, -0.2) is 9.78 Å². The standard InChI is InChI=1S/C10H9ClF3NO2/c1-2-17-9(16)8-4-6(10(12,13)14)3-7(5-11)15-8/h3-4H,2,5H2,1H3. The summed E-state index contributed by atoms with van der Waals surface area (Å²) in [6, 6.07) is 1.45. The molecule has 0 amide bonds. The minimum atomic E-state index is -4.55. The lowest BCUT2D eigenvalue weighted by molar-refractivity contribution is -0.137. The molecule has 0 spiro atoms. The monoisotopic (exact) mass is 267 g/mol. The van der Waals surface area contributed by atoms with E-state index in [9.17, 15) is 18.0 Å². The molecule has 94 valence electrons. The normalized spacial score (nSPS) is 11.4. The van der Waals surface area contributed by atoms with E-state index < -0.39 is 23.4 Å². The second-order valence-electron chi connectivity index (χ2n) is 3.08. The van der Waals surface area contributed by atoms with Gasteiger partial charge in [0.15, 0.2) is 0 Å². The molecule has 0 aromatic carbocycles. The van der Waals surface area contributed by atoms with Crippen LogP contribution in [0, 0.1) is 0 Å². The first-order valence-electron chi connectivity index (χ1n) is 4.69. The zero-order valence-electron chi connectivity index (χ0n) is 8.84. The Morgan fingerprint density at radius 1 is 1.47 bits per heavy atom. The number of halogens is 4. The van der Waals surface area contributed by atoms with Crippen LogP contribution in [0.1, 0.15) is 28.7 Å². The molecule has 7 heteroatoms. The van der Waals surface area contributed by atoms with Gasteiger partial charge in [0.25, 0.3) is 0 Å². The average Bonchev–Trinajstić information content (AvgIpc) is 2.27. The van der Waals surface area contributed by atoms with Crippen LogP contribution in [0.25, 0.3) is 0 Å². The number of ether oxygens (including phenoxy) is 1. The fourth-order valence-corrected chi connectivity index (χ4v) is 1.27. The first-order chi connectivity index (χ1) is 7.88. The molecule has 3 nitrogen and oxygen atoms in total. The Labute approximate surface area is 101 Å². The highest BCUT2D eigenvalue weighted by Crippen LogP contribution is 2.30. The smallest absolute Gasteiger partial charge is 0.416 e. The predicted octanol–water partition coefficient (Wildman–Crippen LogP) is 3.02. The first kappa shape index (κ1) is 13.8. The first-order valence-corrected chi connectivity index (χ1v) is 5.23. The number of esters is 1. The van der Waals surface area contributed by atoms with Crippen molar-refractivity contribution in [2.45, 2.75) is 19.0 Å². The van der Waals surface area contributed by atoms with Gasteiger partial charge < -0.3 is 4.74 Å². The van der Waals surface area contributed by atoms with Crippen molar-refractivity contribution in [3.05, 3.63) is 29.1 Å². The molecule has 0 aliphatic carbocycles. The largest absolute Gasteiger partial charge is 0.461 e. The molecule has 0 fully saturated rings. The second-order valence-corrected chi connectivity index (χ2v) is 3.35. The summed E-state index contributed by atoms with van der Waals surface area (Å²) in [6.45, 7) is 1.61. The topological polar surface area (TPSA) is 39.2 Å². The number of hydrogen-bond donors (Lipinski definition) is 0. The molecule has 0 aliphatic rings. The Balaban J connectivity index is 3.19. The van der Waals surface area contributed by atoms with E-state index in [1.807, 2.05) is 0 Å². The van der Waals surface area contributed by atoms with Crippen molar-refractivity contribution in [2.24, 2.45) is 0 Å². The van der Waals surface area contributed by atoms with Gasteiger partial charge in [0, 0.05) is 0 Å². The lowest BCUT2D eigenvalue weighted by atomic mass is 10.2. The van der Waals surface area contributed by atoms with Crippen LogP contribution in [0.2, 0.25) is 0 Å². The molecule has 0 saturated heterocycles. The Morgan fingerprint density at radius 2 is 2.12 bits per heavy atom. The molecule has 17 heavy (non-hydrogen) atoms. The zero-order valence-corrected chi connectivity index (χ0v) is 9.60. The second kappa shape index (κ2) is 5.35. The van der Waals surface area contributed by atoms with Crippen molar-refractivity contribution in [1.29, 1.82) is 0 Å². The van der Waals surface area contributed by atoms with Gasteiger partial charge in [-0.2, -0.15) is 13.2 Å². The van der Waals surface area contributed by atoms with Crippen molar-refractivity contribution in [2.75, 3.05) is 6.61 Å². The highest BCUT2D eigenvalue weighted by atomic mass is 35.5. The van der Waals surface area contributed by atoms with E-state index in [2.05, 4.69) is 9.72 Å². The third-order valence-electron chi connectivity index (χ3n) is 1.83. The van der Waals surface area contributed by atoms with E-state index in [0.717, 1.165) is 6.07 Å². The van der Waals surface area contributed by atoms with Crippen LogP contribution in [0.3, 0.4) is 0 Å². The summed E-state index contributed by atoms with van der Waals surface area (Å²) in [6.07, 6.45) is -4.55. The molecule has 0 atom stereocenters. The molecule has 0 aliphatic heterocycles. The third kappa shape index (κ3) is 3.59. The number of carbonyl (C=O) groups excluding carboxylic acids is 1. The van der Waals surface area contributed by atoms with Crippen molar-refractivity contribution in [1.82, 2.24) is 4.98 Å². The number of nitrogens with zero attached hydrogens (tertiary/aromatic N) is 1. The molecule has 1 heterocycles. The van der Waals surface area contributed by atoms with E-state index in [-0.39, 0.29) is 18.2 Å². The summed E-state index contributed by atoms with van der Waals surface area (Å²) in [4.78, 5) is 15.0. The lowest BCUT2D eigenvalue weighted by Crippen LogP contribution is -2.13. The van der Waals surface area contributed by atoms with Gasteiger partial charge in [0.05, 0.1) is 23.7 Å². The fourth-order valence-electron chi connectivity index (χ4n) is 1.13. The van der Waals surface area contributed by atoms with Crippen molar-refractivity contribution in [3.8, 4) is 0 Å². The van der Waals surface area contributed by atoms with E-state index in [1.54, 1.807) is 6.92 Å². The molecular formula is C10H9ClF3NO2. The minimum absolute atomic E-state index is 0.0236. The maximum Gasteiger partial charge on any atom is 0.416 e. The lowest BCUT2D eigenvalue weighted by Gasteiger charge is -2.09. The van der Waals surface area contributed by atoms with Gasteiger partial charge >= 0.3 is 12.1 Å². The molecule has 0 radical (unpaired) electrons. The maximum atomic E-state index is 12.5. The van der Waals surface area contributed by atoms with Crippen LogP contribution < -0.4 is 0 Å². The number of alkyl halides is 4. The van der Waals surface area contributed by atoms with Crippen LogP contribution in [0.4, 0.5) is 13.2 Å². The quantitative estimate of drug-likeness (QED) is 0.624. The Hall–Kier alpha value is -1.30. The average molecular weight is 268 g/mol. The minimum Gasteiger partial charge on any atom is -0.461 e. The van der Waals surface area contributed by atoms with Crippen molar-refractivity contribution in [3.63, 3.8) is 0 Å².